The number of hydrogen-bond acceptors (Lipinski definition) is 2. The Kier molecular flexibility index (Phi) is 4.66. The van der Waals surface area contributed by atoms with Gasteiger partial charge in [-0.15, -0.1) is 0 Å². The number of hydrogen-bond donors (Lipinski definition) is 0. The number of benzene rings is 2. The summed E-state index contributed by atoms with van der Waals surface area (Å²) in [6.07, 6.45) is 1.26. The smallest absolute Gasteiger partial charge is 0.410 e. The molecular weight excluding hydrogens is 329 g/mol. The van der Waals surface area contributed by atoms with E-state index in [1.165, 1.54) is 0 Å². The number of carbonyl (C=O) groups excluding carboxylic acids is 1. The molecule has 0 bridgehead atoms. The monoisotopic (exact) mass is 353 g/mol. The molecule has 0 spiro atoms. The van der Waals surface area contributed by atoms with Crippen molar-refractivity contribution in [2.75, 3.05) is 13.1 Å². The lowest BCUT2D eigenvalue weighted by Gasteiger charge is -2.23. The summed E-state index contributed by atoms with van der Waals surface area (Å²) in [6, 6.07) is 19.5. The summed E-state index contributed by atoms with van der Waals surface area (Å²) < 4.78 is 20.7. The van der Waals surface area contributed by atoms with Gasteiger partial charge in [0.15, 0.2) is 0 Å². The average Bonchev–Trinajstić information content (AvgIpc) is 3.16. The molecule has 136 valence electrons. The first-order valence-corrected chi connectivity index (χ1v) is 9.30. The highest BCUT2D eigenvalue weighted by Crippen LogP contribution is 2.47. The fourth-order valence-corrected chi connectivity index (χ4v) is 4.49. The summed E-state index contributed by atoms with van der Waals surface area (Å²) in [5, 5.41) is 0. The number of alkyl halides is 1. The maximum atomic E-state index is 15.3. The van der Waals surface area contributed by atoms with Crippen LogP contribution >= 0.6 is 0 Å². The Morgan fingerprint density at radius 1 is 0.962 bits per heavy atom. The van der Waals surface area contributed by atoms with Crippen LogP contribution in [0, 0.1) is 11.8 Å². The van der Waals surface area contributed by atoms with Gasteiger partial charge in [0.25, 0.3) is 0 Å². The van der Waals surface area contributed by atoms with Crippen molar-refractivity contribution in [2.24, 2.45) is 11.8 Å². The minimum absolute atomic E-state index is 0.244. The lowest BCUT2D eigenvalue weighted by molar-refractivity contribution is 0.0946. The molecule has 4 rings (SSSR count). The molecule has 1 saturated heterocycles. The summed E-state index contributed by atoms with van der Waals surface area (Å²) >= 11 is 0. The quantitative estimate of drug-likeness (QED) is 0.803. The third-order valence-corrected chi connectivity index (χ3v) is 5.66. The number of fused-ring (bicyclic) bond motifs is 1. The maximum Gasteiger partial charge on any atom is 0.410 e. The zero-order valence-electron chi connectivity index (χ0n) is 14.8. The van der Waals surface area contributed by atoms with Crippen LogP contribution < -0.4 is 0 Å². The van der Waals surface area contributed by atoms with Gasteiger partial charge < -0.3 is 9.64 Å². The SMILES string of the molecule is O=C(OCc1ccccc1)N1CC2CC(F)(Cc3ccccc3)CC2C1. The van der Waals surface area contributed by atoms with Crippen LogP contribution in [0.25, 0.3) is 0 Å². The molecule has 2 aliphatic rings. The van der Waals surface area contributed by atoms with Crippen molar-refractivity contribution >= 4 is 6.09 Å². The van der Waals surface area contributed by atoms with Crippen molar-refractivity contribution in [1.29, 1.82) is 0 Å². The second-order valence-corrected chi connectivity index (χ2v) is 7.69. The highest BCUT2D eigenvalue weighted by atomic mass is 19.1. The highest BCUT2D eigenvalue weighted by Gasteiger charge is 2.50. The van der Waals surface area contributed by atoms with Crippen LogP contribution in [-0.2, 0) is 17.8 Å². The Labute approximate surface area is 153 Å². The average molecular weight is 353 g/mol. The molecule has 3 nitrogen and oxygen atoms in total. The summed E-state index contributed by atoms with van der Waals surface area (Å²) in [5.74, 6) is 0.487. The van der Waals surface area contributed by atoms with Gasteiger partial charge in [0.05, 0.1) is 0 Å². The van der Waals surface area contributed by atoms with Gasteiger partial charge in [-0.3, -0.25) is 0 Å². The Morgan fingerprint density at radius 2 is 1.50 bits per heavy atom. The zero-order valence-corrected chi connectivity index (χ0v) is 14.8. The lowest BCUT2D eigenvalue weighted by Crippen LogP contribution is -2.33. The second-order valence-electron chi connectivity index (χ2n) is 7.69. The van der Waals surface area contributed by atoms with Crippen molar-refractivity contribution in [3.05, 3.63) is 71.8 Å². The second kappa shape index (κ2) is 7.10. The van der Waals surface area contributed by atoms with E-state index in [9.17, 15) is 4.79 Å². The van der Waals surface area contributed by atoms with Gasteiger partial charge >= 0.3 is 6.09 Å². The minimum Gasteiger partial charge on any atom is -0.445 e. The third kappa shape index (κ3) is 3.74. The Morgan fingerprint density at radius 3 is 2.08 bits per heavy atom. The number of nitrogens with zero attached hydrogens (tertiary/aromatic N) is 1. The Bertz CT molecular complexity index is 735. The fourth-order valence-electron chi connectivity index (χ4n) is 4.49. The van der Waals surface area contributed by atoms with Crippen LogP contribution in [0.15, 0.2) is 60.7 Å². The van der Waals surface area contributed by atoms with Crippen molar-refractivity contribution in [3.8, 4) is 0 Å². The number of rotatable bonds is 4. The van der Waals surface area contributed by atoms with Gasteiger partial charge in [-0.05, 0) is 35.8 Å². The van der Waals surface area contributed by atoms with E-state index in [4.69, 9.17) is 4.74 Å². The first-order valence-electron chi connectivity index (χ1n) is 9.30. The highest BCUT2D eigenvalue weighted by molar-refractivity contribution is 5.68. The van der Waals surface area contributed by atoms with E-state index in [0.29, 0.717) is 32.4 Å². The van der Waals surface area contributed by atoms with Gasteiger partial charge in [0.2, 0.25) is 0 Å². The van der Waals surface area contributed by atoms with Crippen LogP contribution in [-0.4, -0.2) is 29.8 Å². The van der Waals surface area contributed by atoms with Crippen LogP contribution in [0.5, 0.6) is 0 Å². The molecular formula is C22H24FNO2. The van der Waals surface area contributed by atoms with E-state index in [2.05, 4.69) is 0 Å². The van der Waals surface area contributed by atoms with Crippen molar-refractivity contribution in [1.82, 2.24) is 4.90 Å². The molecule has 1 amide bonds. The van der Waals surface area contributed by atoms with Crippen molar-refractivity contribution < 1.29 is 13.9 Å². The van der Waals surface area contributed by atoms with Gasteiger partial charge in [0, 0.05) is 19.5 Å². The van der Waals surface area contributed by atoms with Crippen LogP contribution in [0.3, 0.4) is 0 Å². The molecule has 2 atom stereocenters. The van der Waals surface area contributed by atoms with Gasteiger partial charge in [-0.25, -0.2) is 9.18 Å². The number of halogens is 1. The van der Waals surface area contributed by atoms with E-state index < -0.39 is 5.67 Å². The van der Waals surface area contributed by atoms with E-state index in [1.54, 1.807) is 4.90 Å². The summed E-state index contributed by atoms with van der Waals surface area (Å²) in [6.45, 7) is 1.50. The van der Waals surface area contributed by atoms with Crippen molar-refractivity contribution in [2.45, 2.75) is 31.5 Å². The molecule has 2 unspecified atom stereocenters. The largest absolute Gasteiger partial charge is 0.445 e. The summed E-state index contributed by atoms with van der Waals surface area (Å²) in [4.78, 5) is 14.1. The summed E-state index contributed by atoms with van der Waals surface area (Å²) in [7, 11) is 0. The molecule has 1 aliphatic heterocycles. The number of carbonyl (C=O) groups is 1. The molecule has 0 aromatic heterocycles. The molecule has 1 heterocycles. The molecule has 1 aliphatic carbocycles. The Balaban J connectivity index is 1.30. The molecule has 2 fully saturated rings. The zero-order chi connectivity index (χ0) is 18.0. The molecule has 4 heteroatoms. The molecule has 1 saturated carbocycles. The molecule has 0 N–H and O–H groups in total. The summed E-state index contributed by atoms with van der Waals surface area (Å²) in [5.41, 5.74) is 0.886. The first-order chi connectivity index (χ1) is 12.6. The lowest BCUT2D eigenvalue weighted by atomic mass is 9.93. The molecule has 0 radical (unpaired) electrons. The fraction of sp³-hybridized carbons (Fsp3) is 0.409. The van der Waals surface area contributed by atoms with E-state index in [1.807, 2.05) is 60.7 Å². The van der Waals surface area contributed by atoms with Gasteiger partial charge in [-0.2, -0.15) is 0 Å². The standard InChI is InChI=1S/C22H24FNO2/c23-22(11-17-7-3-1-4-8-17)12-19-14-24(15-20(19)13-22)21(25)26-16-18-9-5-2-6-10-18/h1-10,19-20H,11-16H2. The van der Waals surface area contributed by atoms with Crippen LogP contribution in [0.2, 0.25) is 0 Å². The van der Waals surface area contributed by atoms with E-state index >= 15 is 4.39 Å². The molecule has 2 aromatic rings. The first kappa shape index (κ1) is 17.1. The molecule has 26 heavy (non-hydrogen) atoms. The maximum absolute atomic E-state index is 15.3. The predicted octanol–water partition coefficient (Wildman–Crippen LogP) is 4.62. The number of amides is 1. The normalized spacial score (nSPS) is 27.3. The number of ether oxygens (including phenoxy) is 1. The predicted molar refractivity (Wildman–Crippen MR) is 98.4 cm³/mol. The van der Waals surface area contributed by atoms with E-state index in [0.717, 1.165) is 11.1 Å². The van der Waals surface area contributed by atoms with Crippen LogP contribution in [0.4, 0.5) is 9.18 Å². The molecule has 2 aromatic carbocycles. The topological polar surface area (TPSA) is 29.5 Å². The van der Waals surface area contributed by atoms with Crippen LogP contribution in [0.1, 0.15) is 24.0 Å². The Hall–Kier alpha value is -2.36. The van der Waals surface area contributed by atoms with Gasteiger partial charge in [-0.1, -0.05) is 60.7 Å². The third-order valence-electron chi connectivity index (χ3n) is 5.66. The van der Waals surface area contributed by atoms with Crippen molar-refractivity contribution in [3.63, 3.8) is 0 Å². The number of likely N-dealkylation sites (tertiary alicyclic amines) is 1. The van der Waals surface area contributed by atoms with E-state index in [-0.39, 0.29) is 24.5 Å². The van der Waals surface area contributed by atoms with Gasteiger partial charge in [0.1, 0.15) is 12.3 Å². The minimum atomic E-state index is -1.14.